The van der Waals surface area contributed by atoms with E-state index >= 15 is 0 Å². The van der Waals surface area contributed by atoms with Crippen molar-refractivity contribution < 1.29 is 29.0 Å². The van der Waals surface area contributed by atoms with Gasteiger partial charge in [0.25, 0.3) is 0 Å². The van der Waals surface area contributed by atoms with Crippen LogP contribution in [-0.4, -0.2) is 42.1 Å². The van der Waals surface area contributed by atoms with Crippen LogP contribution in [0.5, 0.6) is 0 Å². The summed E-state index contributed by atoms with van der Waals surface area (Å²) in [5.41, 5.74) is 0.812. The lowest BCUT2D eigenvalue weighted by Gasteiger charge is -2.18. The Kier molecular flexibility index (Phi) is 8.97. The number of carbonyl (C=O) groups excluding carboxylic acids is 3. The molecule has 0 heterocycles. The molecule has 0 radical (unpaired) electrons. The number of hydrogen-bond acceptors (Lipinski definition) is 6. The first kappa shape index (κ1) is 20.4. The largest absolute Gasteiger partial charge is 0.465 e. The molecule has 1 N–H and O–H groups in total. The Labute approximate surface area is 147 Å². The molecule has 0 aliphatic rings. The fraction of sp³-hybridized carbons (Fsp3) is 0.421. The average Bonchev–Trinajstić information content (AvgIpc) is 2.60. The summed E-state index contributed by atoms with van der Waals surface area (Å²) in [5.74, 6) is 1.43. The van der Waals surface area contributed by atoms with Crippen LogP contribution in [0.1, 0.15) is 32.3 Å². The summed E-state index contributed by atoms with van der Waals surface area (Å²) in [5, 5.41) is 10.1. The second kappa shape index (κ2) is 11.0. The van der Waals surface area contributed by atoms with Gasteiger partial charge in [-0.2, -0.15) is 0 Å². The van der Waals surface area contributed by atoms with Gasteiger partial charge in [0.2, 0.25) is 0 Å². The van der Waals surface area contributed by atoms with E-state index in [1.807, 2.05) is 30.3 Å². The number of aliphatic hydroxyl groups excluding tert-OH is 1. The highest BCUT2D eigenvalue weighted by molar-refractivity contribution is 6.01. The van der Waals surface area contributed by atoms with Gasteiger partial charge < -0.3 is 14.6 Å². The van der Waals surface area contributed by atoms with Crippen molar-refractivity contribution in [2.24, 2.45) is 5.92 Å². The molecule has 134 valence electrons. The van der Waals surface area contributed by atoms with Gasteiger partial charge in [0, 0.05) is 18.4 Å². The van der Waals surface area contributed by atoms with E-state index in [-0.39, 0.29) is 26.1 Å². The van der Waals surface area contributed by atoms with Crippen LogP contribution < -0.4 is 0 Å². The van der Waals surface area contributed by atoms with Gasteiger partial charge >= 0.3 is 11.9 Å². The van der Waals surface area contributed by atoms with Crippen LogP contribution in [0.2, 0.25) is 0 Å². The smallest absolute Gasteiger partial charge is 0.323 e. The van der Waals surface area contributed by atoms with E-state index in [0.717, 1.165) is 5.56 Å². The van der Waals surface area contributed by atoms with Crippen LogP contribution in [0.25, 0.3) is 0 Å². The summed E-state index contributed by atoms with van der Waals surface area (Å²) in [7, 11) is 0. The summed E-state index contributed by atoms with van der Waals surface area (Å²) in [6.07, 6.45) is -1.70. The van der Waals surface area contributed by atoms with Crippen LogP contribution in [0.15, 0.2) is 30.3 Å². The number of rotatable bonds is 8. The molecule has 0 aliphatic carbocycles. The summed E-state index contributed by atoms with van der Waals surface area (Å²) in [6.45, 7) is 3.18. The van der Waals surface area contributed by atoms with Gasteiger partial charge in [-0.1, -0.05) is 30.0 Å². The molecule has 6 heteroatoms. The number of aliphatic hydroxyl groups is 1. The molecule has 6 nitrogen and oxygen atoms in total. The Morgan fingerprint density at radius 2 is 1.60 bits per heavy atom. The van der Waals surface area contributed by atoms with E-state index in [2.05, 4.69) is 11.8 Å². The van der Waals surface area contributed by atoms with Crippen LogP contribution in [-0.2, 0) is 23.9 Å². The second-order valence-corrected chi connectivity index (χ2v) is 5.06. The maximum absolute atomic E-state index is 12.1. The second-order valence-electron chi connectivity index (χ2n) is 5.06. The lowest BCUT2D eigenvalue weighted by atomic mass is 9.96. The normalized spacial score (nSPS) is 11.2. The molecular formula is C19H22O6. The van der Waals surface area contributed by atoms with E-state index in [9.17, 15) is 19.5 Å². The standard InChI is InChI=1S/C19H22O6/c1-3-24-18(22)16(19(23)25-4-2)17(21)15(20)13-9-8-12-14-10-6-5-7-11-14/h5-7,10-11,16-17,21H,3-4,9,13H2,1-2H3. The molecule has 1 atom stereocenters. The lowest BCUT2D eigenvalue weighted by molar-refractivity contribution is -0.169. The third kappa shape index (κ3) is 6.77. The number of ketones is 1. The first-order valence-corrected chi connectivity index (χ1v) is 8.09. The van der Waals surface area contributed by atoms with Gasteiger partial charge in [0.1, 0.15) is 6.10 Å². The molecular weight excluding hydrogens is 324 g/mol. The van der Waals surface area contributed by atoms with Crippen molar-refractivity contribution >= 4 is 17.7 Å². The Morgan fingerprint density at radius 1 is 1.04 bits per heavy atom. The van der Waals surface area contributed by atoms with Gasteiger partial charge in [-0.15, -0.1) is 0 Å². The minimum absolute atomic E-state index is 0.0260. The number of benzene rings is 1. The van der Waals surface area contributed by atoms with E-state index in [1.54, 1.807) is 13.8 Å². The molecule has 1 unspecified atom stereocenters. The van der Waals surface area contributed by atoms with Gasteiger partial charge in [-0.3, -0.25) is 14.4 Å². The molecule has 0 spiro atoms. The van der Waals surface area contributed by atoms with E-state index in [0.29, 0.717) is 0 Å². The Balaban J connectivity index is 2.68. The van der Waals surface area contributed by atoms with Gasteiger partial charge in [-0.25, -0.2) is 0 Å². The topological polar surface area (TPSA) is 89.9 Å². The van der Waals surface area contributed by atoms with Gasteiger partial charge in [-0.05, 0) is 26.0 Å². The highest BCUT2D eigenvalue weighted by atomic mass is 16.6. The fourth-order valence-electron chi connectivity index (χ4n) is 2.02. The molecule has 0 amide bonds. The maximum atomic E-state index is 12.1. The third-order valence-corrected chi connectivity index (χ3v) is 3.23. The molecule has 1 aromatic carbocycles. The fourth-order valence-corrected chi connectivity index (χ4v) is 2.02. The molecule has 1 aromatic rings. The Bertz CT molecular complexity index is 623. The van der Waals surface area contributed by atoms with Crippen molar-refractivity contribution in [2.75, 3.05) is 13.2 Å². The molecule has 0 fully saturated rings. The monoisotopic (exact) mass is 346 g/mol. The quantitative estimate of drug-likeness (QED) is 0.436. The third-order valence-electron chi connectivity index (χ3n) is 3.23. The molecule has 0 saturated carbocycles. The SMILES string of the molecule is CCOC(=O)C(C(=O)OCC)C(O)C(=O)CCC#Cc1ccccc1. The maximum Gasteiger partial charge on any atom is 0.323 e. The zero-order chi connectivity index (χ0) is 18.7. The van der Waals surface area contributed by atoms with Gasteiger partial charge in [0.15, 0.2) is 11.7 Å². The van der Waals surface area contributed by atoms with Crippen molar-refractivity contribution in [1.82, 2.24) is 0 Å². The summed E-state index contributed by atoms with van der Waals surface area (Å²) in [4.78, 5) is 35.8. The number of hydrogen-bond donors (Lipinski definition) is 1. The number of ether oxygens (including phenoxy) is 2. The lowest BCUT2D eigenvalue weighted by Crippen LogP contribution is -2.42. The van der Waals surface area contributed by atoms with Crippen molar-refractivity contribution in [2.45, 2.75) is 32.8 Å². The van der Waals surface area contributed by atoms with Crippen molar-refractivity contribution in [3.63, 3.8) is 0 Å². The molecule has 0 aromatic heterocycles. The first-order chi connectivity index (χ1) is 12.0. The average molecular weight is 346 g/mol. The van der Waals surface area contributed by atoms with Crippen molar-refractivity contribution in [3.8, 4) is 11.8 Å². The molecule has 1 rings (SSSR count). The molecule has 0 aliphatic heterocycles. The zero-order valence-electron chi connectivity index (χ0n) is 14.4. The zero-order valence-corrected chi connectivity index (χ0v) is 14.4. The first-order valence-electron chi connectivity index (χ1n) is 8.09. The molecule has 25 heavy (non-hydrogen) atoms. The number of carbonyl (C=O) groups is 3. The number of Topliss-reactive ketones (excluding diaryl/α,β-unsaturated/α-hetero) is 1. The number of esters is 2. The van der Waals surface area contributed by atoms with E-state index in [1.165, 1.54) is 0 Å². The summed E-state index contributed by atoms with van der Waals surface area (Å²) in [6, 6.07) is 9.24. The minimum Gasteiger partial charge on any atom is -0.465 e. The highest BCUT2D eigenvalue weighted by Gasteiger charge is 2.40. The van der Waals surface area contributed by atoms with Crippen LogP contribution in [0.3, 0.4) is 0 Å². The predicted octanol–water partition coefficient (Wildman–Crippen LogP) is 1.49. The van der Waals surface area contributed by atoms with E-state index < -0.39 is 29.7 Å². The van der Waals surface area contributed by atoms with Crippen molar-refractivity contribution in [1.29, 1.82) is 0 Å². The minimum atomic E-state index is -1.81. The van der Waals surface area contributed by atoms with Crippen LogP contribution in [0.4, 0.5) is 0 Å². The van der Waals surface area contributed by atoms with Crippen LogP contribution in [0, 0.1) is 17.8 Å². The molecule has 0 saturated heterocycles. The van der Waals surface area contributed by atoms with E-state index in [4.69, 9.17) is 9.47 Å². The Hall–Kier alpha value is -2.65. The van der Waals surface area contributed by atoms with Crippen LogP contribution >= 0.6 is 0 Å². The predicted molar refractivity (Wildman–Crippen MR) is 90.3 cm³/mol. The highest BCUT2D eigenvalue weighted by Crippen LogP contribution is 2.13. The van der Waals surface area contributed by atoms with Crippen molar-refractivity contribution in [3.05, 3.63) is 35.9 Å². The Morgan fingerprint density at radius 3 is 2.12 bits per heavy atom. The summed E-state index contributed by atoms with van der Waals surface area (Å²) < 4.78 is 9.49. The van der Waals surface area contributed by atoms with Gasteiger partial charge in [0.05, 0.1) is 13.2 Å². The summed E-state index contributed by atoms with van der Waals surface area (Å²) >= 11 is 0. The molecule has 0 bridgehead atoms.